The van der Waals surface area contributed by atoms with Gasteiger partial charge in [0.15, 0.2) is 0 Å². The van der Waals surface area contributed by atoms with Gasteiger partial charge in [-0.05, 0) is 54.1 Å². The van der Waals surface area contributed by atoms with Gasteiger partial charge in [-0.1, -0.05) is 17.8 Å². The fraction of sp³-hybridized carbons (Fsp3) is 0.263. The Kier molecular flexibility index (Phi) is 5.21. The monoisotopic (exact) mass is 417 g/mol. The molecule has 0 saturated carbocycles. The number of carbonyl (C=O) groups is 1. The SMILES string of the molecule is Cc1cc(N(C)Sc2cccs2)c2[nH]c(C3=NCC(CC(=O)O)S3)cc2c1. The molecule has 1 aliphatic rings. The number of aryl methyl sites for hydroxylation is 1. The van der Waals surface area contributed by atoms with E-state index in [1.54, 1.807) is 35.0 Å². The van der Waals surface area contributed by atoms with Gasteiger partial charge in [0.2, 0.25) is 0 Å². The summed E-state index contributed by atoms with van der Waals surface area (Å²) in [5.74, 6) is -0.772. The number of carboxylic acids is 1. The number of fused-ring (bicyclic) bond motifs is 1. The fourth-order valence-corrected chi connectivity index (χ4v) is 5.95. The van der Waals surface area contributed by atoms with Crippen molar-refractivity contribution in [3.63, 3.8) is 0 Å². The Bertz CT molecular complexity index is 1010. The maximum Gasteiger partial charge on any atom is 0.304 e. The van der Waals surface area contributed by atoms with Crippen LogP contribution < -0.4 is 4.31 Å². The lowest BCUT2D eigenvalue weighted by molar-refractivity contribution is -0.136. The van der Waals surface area contributed by atoms with Crippen LogP contribution in [0.15, 0.2) is 44.9 Å². The molecular formula is C19H19N3O2S3. The molecule has 0 spiro atoms. The Balaban J connectivity index is 1.63. The first kappa shape index (κ1) is 18.5. The van der Waals surface area contributed by atoms with Crippen molar-refractivity contribution >= 4 is 62.6 Å². The number of nitrogens with one attached hydrogen (secondary N) is 1. The standard InChI is InChI=1S/C19H19N3O2S3/c1-11-6-12-8-14(19-20-10-13(26-19)9-16(23)24)21-18(12)15(7-11)22(2)27-17-4-3-5-25-17/h3-8,13,21H,9-10H2,1-2H3,(H,23,24). The van der Waals surface area contributed by atoms with E-state index in [9.17, 15) is 4.79 Å². The fourth-order valence-electron chi connectivity index (χ4n) is 3.10. The van der Waals surface area contributed by atoms with Gasteiger partial charge in [-0.15, -0.1) is 11.3 Å². The Morgan fingerprint density at radius 3 is 3.04 bits per heavy atom. The maximum absolute atomic E-state index is 10.9. The molecule has 0 fully saturated rings. The van der Waals surface area contributed by atoms with Crippen molar-refractivity contribution < 1.29 is 9.90 Å². The second kappa shape index (κ2) is 7.61. The summed E-state index contributed by atoms with van der Waals surface area (Å²) in [6.45, 7) is 2.66. The molecule has 0 radical (unpaired) electrons. The molecule has 4 rings (SSSR count). The van der Waals surface area contributed by atoms with Crippen molar-refractivity contribution in [1.29, 1.82) is 0 Å². The average Bonchev–Trinajstić information content (AvgIpc) is 3.33. The van der Waals surface area contributed by atoms with E-state index in [1.807, 2.05) is 0 Å². The molecule has 3 aromatic rings. The number of carboxylic acid groups (broad SMARTS) is 1. The van der Waals surface area contributed by atoms with Gasteiger partial charge in [0, 0.05) is 17.7 Å². The van der Waals surface area contributed by atoms with Crippen LogP contribution >= 0.6 is 35.0 Å². The van der Waals surface area contributed by atoms with Gasteiger partial charge < -0.3 is 14.4 Å². The van der Waals surface area contributed by atoms with Gasteiger partial charge in [0.25, 0.3) is 0 Å². The number of rotatable bonds is 6. The van der Waals surface area contributed by atoms with Crippen LogP contribution in [0.5, 0.6) is 0 Å². The highest BCUT2D eigenvalue weighted by Gasteiger charge is 2.24. The molecule has 0 aliphatic carbocycles. The molecule has 140 valence electrons. The van der Waals surface area contributed by atoms with Crippen LogP contribution in [0.2, 0.25) is 0 Å². The van der Waals surface area contributed by atoms with Crippen molar-refractivity contribution in [3.8, 4) is 0 Å². The van der Waals surface area contributed by atoms with E-state index in [1.165, 1.54) is 9.77 Å². The summed E-state index contributed by atoms with van der Waals surface area (Å²) in [6, 6.07) is 10.6. The summed E-state index contributed by atoms with van der Waals surface area (Å²) >= 11 is 4.98. The number of thioether (sulfide) groups is 1. The van der Waals surface area contributed by atoms with Crippen LogP contribution in [-0.2, 0) is 4.79 Å². The third kappa shape index (κ3) is 4.02. The first-order chi connectivity index (χ1) is 13.0. The van der Waals surface area contributed by atoms with E-state index in [4.69, 9.17) is 5.11 Å². The van der Waals surface area contributed by atoms with Crippen LogP contribution in [0.3, 0.4) is 0 Å². The lowest BCUT2D eigenvalue weighted by Crippen LogP contribution is -2.10. The third-order valence-corrected chi connectivity index (χ3v) is 7.44. The molecule has 0 bridgehead atoms. The van der Waals surface area contributed by atoms with Crippen LogP contribution in [0.4, 0.5) is 5.69 Å². The number of hydrogen-bond donors (Lipinski definition) is 2. The molecular weight excluding hydrogens is 398 g/mol. The van der Waals surface area contributed by atoms with Crippen molar-refractivity contribution in [2.45, 2.75) is 22.8 Å². The Morgan fingerprint density at radius 2 is 2.30 bits per heavy atom. The van der Waals surface area contributed by atoms with E-state index in [2.05, 4.69) is 64.0 Å². The van der Waals surface area contributed by atoms with Crippen LogP contribution in [-0.4, -0.2) is 39.9 Å². The zero-order chi connectivity index (χ0) is 19.0. The van der Waals surface area contributed by atoms with Crippen LogP contribution in [0, 0.1) is 6.92 Å². The average molecular weight is 418 g/mol. The second-order valence-electron chi connectivity index (χ2n) is 6.44. The molecule has 8 heteroatoms. The van der Waals surface area contributed by atoms with Gasteiger partial charge in [0.05, 0.1) is 34.1 Å². The van der Waals surface area contributed by atoms with Gasteiger partial charge >= 0.3 is 5.97 Å². The molecule has 2 N–H and O–H groups in total. The lowest BCUT2D eigenvalue weighted by Gasteiger charge is -2.18. The molecule has 27 heavy (non-hydrogen) atoms. The van der Waals surface area contributed by atoms with E-state index in [0.29, 0.717) is 6.54 Å². The minimum atomic E-state index is -0.772. The molecule has 1 unspecified atom stereocenters. The minimum absolute atomic E-state index is 0.0159. The molecule has 0 saturated heterocycles. The lowest BCUT2D eigenvalue weighted by atomic mass is 10.1. The predicted molar refractivity (Wildman–Crippen MR) is 117 cm³/mol. The molecule has 5 nitrogen and oxygen atoms in total. The van der Waals surface area contributed by atoms with E-state index >= 15 is 0 Å². The number of aromatic amines is 1. The Morgan fingerprint density at radius 1 is 1.44 bits per heavy atom. The van der Waals surface area contributed by atoms with Gasteiger partial charge in [0.1, 0.15) is 5.04 Å². The normalized spacial score (nSPS) is 16.7. The molecule has 1 atom stereocenters. The van der Waals surface area contributed by atoms with Gasteiger partial charge in [-0.2, -0.15) is 0 Å². The maximum atomic E-state index is 10.9. The first-order valence-corrected chi connectivity index (χ1v) is 11.0. The number of nitrogens with zero attached hydrogens (tertiary/aromatic N) is 2. The van der Waals surface area contributed by atoms with E-state index in [0.717, 1.165) is 27.3 Å². The summed E-state index contributed by atoms with van der Waals surface area (Å²) in [6.07, 6.45) is 0.141. The summed E-state index contributed by atoms with van der Waals surface area (Å²) in [7, 11) is 2.07. The molecule has 0 amide bonds. The Hall–Kier alpha value is -1.90. The molecule has 2 aromatic heterocycles. The summed E-state index contributed by atoms with van der Waals surface area (Å²) in [4.78, 5) is 19.0. The molecule has 3 heterocycles. The quantitative estimate of drug-likeness (QED) is 0.551. The number of thiophene rings is 1. The highest BCUT2D eigenvalue weighted by atomic mass is 32.2. The number of aromatic nitrogens is 1. The third-order valence-electron chi connectivity index (χ3n) is 4.26. The molecule has 1 aromatic carbocycles. The number of aliphatic imine (C=N–C) groups is 1. The second-order valence-corrected chi connectivity index (χ2v) is 10.1. The number of benzene rings is 1. The zero-order valence-electron chi connectivity index (χ0n) is 14.9. The summed E-state index contributed by atoms with van der Waals surface area (Å²) in [5.41, 5.74) is 4.36. The Labute approximate surface area is 170 Å². The van der Waals surface area contributed by atoms with E-state index < -0.39 is 5.97 Å². The van der Waals surface area contributed by atoms with Crippen molar-refractivity contribution in [2.24, 2.45) is 4.99 Å². The summed E-state index contributed by atoms with van der Waals surface area (Å²) in [5, 5.41) is 13.1. The van der Waals surface area contributed by atoms with Crippen LogP contribution in [0.1, 0.15) is 17.7 Å². The highest BCUT2D eigenvalue weighted by Crippen LogP contribution is 2.37. The highest BCUT2D eigenvalue weighted by molar-refractivity contribution is 8.15. The van der Waals surface area contributed by atoms with Crippen molar-refractivity contribution in [3.05, 3.63) is 47.0 Å². The largest absolute Gasteiger partial charge is 0.481 e. The van der Waals surface area contributed by atoms with Crippen molar-refractivity contribution in [2.75, 3.05) is 17.9 Å². The zero-order valence-corrected chi connectivity index (χ0v) is 17.4. The number of hydrogen-bond acceptors (Lipinski definition) is 6. The molecule has 1 aliphatic heterocycles. The van der Waals surface area contributed by atoms with E-state index in [-0.39, 0.29) is 11.7 Å². The van der Waals surface area contributed by atoms with Crippen LogP contribution in [0.25, 0.3) is 10.9 Å². The number of H-pyrrole nitrogens is 1. The first-order valence-electron chi connectivity index (χ1n) is 8.51. The predicted octanol–water partition coefficient (Wildman–Crippen LogP) is 5.02. The van der Waals surface area contributed by atoms with Crippen molar-refractivity contribution in [1.82, 2.24) is 4.98 Å². The topological polar surface area (TPSA) is 68.7 Å². The number of anilines is 1. The number of aliphatic carboxylic acids is 1. The smallest absolute Gasteiger partial charge is 0.304 e. The minimum Gasteiger partial charge on any atom is -0.481 e. The van der Waals surface area contributed by atoms with Gasteiger partial charge in [-0.25, -0.2) is 0 Å². The van der Waals surface area contributed by atoms with Gasteiger partial charge in [-0.3, -0.25) is 9.79 Å². The summed E-state index contributed by atoms with van der Waals surface area (Å²) < 4.78 is 3.42.